The van der Waals surface area contributed by atoms with Crippen LogP contribution in [0.4, 0.5) is 34.6 Å². The molecule has 3 aromatic heterocycles. The Labute approximate surface area is 369 Å². The van der Waals surface area contributed by atoms with Crippen LogP contribution in [-0.4, -0.2) is 19.9 Å². The molecule has 63 heavy (non-hydrogen) atoms. The van der Waals surface area contributed by atoms with Gasteiger partial charge in [-0.05, 0) is 106 Å². The molecule has 0 atom stereocenters. The lowest BCUT2D eigenvalue weighted by Crippen LogP contribution is -2.13. The largest absolute Gasteiger partial charge is 0.279 e. The van der Waals surface area contributed by atoms with Gasteiger partial charge in [0.05, 0.1) is 11.0 Å². The number of rotatable bonds is 10. The molecular weight excluding hydrogens is 789 g/mol. The van der Waals surface area contributed by atoms with Gasteiger partial charge in [-0.3, -0.25) is 9.80 Å². The van der Waals surface area contributed by atoms with Crippen LogP contribution < -0.4 is 9.80 Å². The number of aromatic nitrogens is 4. The summed E-state index contributed by atoms with van der Waals surface area (Å²) >= 11 is 1.78. The SMILES string of the molecule is c1ccc(-c2ccc(N(c3ccc(-c4ccc(-c5ccc(N(c6ccc(-c7ccccc7)cc6)c6ncc7ccccc7n6)cc5)s4)cc3)c3ncc4ccccc4n3)cc2)cc1. The Morgan fingerprint density at radius 1 is 0.286 bits per heavy atom. The molecule has 7 heteroatoms. The summed E-state index contributed by atoms with van der Waals surface area (Å²) in [7, 11) is 0. The van der Waals surface area contributed by atoms with E-state index in [0.29, 0.717) is 11.9 Å². The maximum atomic E-state index is 5.01. The zero-order chi connectivity index (χ0) is 42.0. The van der Waals surface area contributed by atoms with Crippen LogP contribution in [0, 0.1) is 0 Å². The molecule has 11 rings (SSSR count). The third kappa shape index (κ3) is 7.69. The predicted octanol–water partition coefficient (Wildman–Crippen LogP) is 15.2. The molecule has 0 radical (unpaired) electrons. The van der Waals surface area contributed by atoms with Crippen LogP contribution in [0.3, 0.4) is 0 Å². The molecule has 0 bridgehead atoms. The van der Waals surface area contributed by atoms with Gasteiger partial charge in [-0.15, -0.1) is 11.3 Å². The smallest absolute Gasteiger partial charge is 0.235 e. The number of hydrogen-bond acceptors (Lipinski definition) is 7. The second-order valence-corrected chi connectivity index (χ2v) is 16.3. The van der Waals surface area contributed by atoms with Crippen molar-refractivity contribution in [3.8, 4) is 43.1 Å². The van der Waals surface area contributed by atoms with E-state index in [1.807, 2.05) is 73.1 Å². The van der Waals surface area contributed by atoms with Crippen molar-refractivity contribution < 1.29 is 0 Å². The molecule has 0 N–H and O–H groups in total. The molecule has 8 aromatic carbocycles. The van der Waals surface area contributed by atoms with Crippen LogP contribution in [0.5, 0.6) is 0 Å². The average Bonchev–Trinajstić information content (AvgIpc) is 3.86. The van der Waals surface area contributed by atoms with Crippen molar-refractivity contribution >= 4 is 67.8 Å². The summed E-state index contributed by atoms with van der Waals surface area (Å²) in [6.45, 7) is 0. The second-order valence-electron chi connectivity index (χ2n) is 15.2. The molecule has 0 spiro atoms. The Morgan fingerprint density at radius 3 is 0.984 bits per heavy atom. The van der Waals surface area contributed by atoms with Gasteiger partial charge in [0.1, 0.15) is 0 Å². The van der Waals surface area contributed by atoms with Crippen molar-refractivity contribution in [2.75, 3.05) is 9.80 Å². The quantitative estimate of drug-likeness (QED) is 0.137. The average molecular weight is 827 g/mol. The lowest BCUT2D eigenvalue weighted by atomic mass is 10.1. The first-order valence-corrected chi connectivity index (χ1v) is 21.7. The molecule has 11 aromatic rings. The summed E-state index contributed by atoms with van der Waals surface area (Å²) < 4.78 is 0. The van der Waals surface area contributed by atoms with Crippen LogP contribution in [-0.2, 0) is 0 Å². The Morgan fingerprint density at radius 2 is 0.603 bits per heavy atom. The third-order valence-electron chi connectivity index (χ3n) is 11.2. The Balaban J connectivity index is 0.884. The molecule has 3 heterocycles. The number of fused-ring (bicyclic) bond motifs is 2. The minimum absolute atomic E-state index is 0.616. The Bertz CT molecular complexity index is 3090. The van der Waals surface area contributed by atoms with Gasteiger partial charge in [0.25, 0.3) is 0 Å². The van der Waals surface area contributed by atoms with Gasteiger partial charge >= 0.3 is 0 Å². The van der Waals surface area contributed by atoms with Gasteiger partial charge in [-0.2, -0.15) is 0 Å². The van der Waals surface area contributed by atoms with Gasteiger partial charge in [-0.1, -0.05) is 146 Å². The van der Waals surface area contributed by atoms with Crippen LogP contribution >= 0.6 is 11.3 Å². The lowest BCUT2D eigenvalue weighted by Gasteiger charge is -2.24. The van der Waals surface area contributed by atoms with Crippen molar-refractivity contribution in [2.24, 2.45) is 0 Å². The zero-order valence-corrected chi connectivity index (χ0v) is 34.8. The summed E-state index contributed by atoms with van der Waals surface area (Å²) in [5.41, 5.74) is 12.7. The molecule has 0 aliphatic carbocycles. The molecule has 298 valence electrons. The predicted molar refractivity (Wildman–Crippen MR) is 262 cm³/mol. The molecule has 0 unspecified atom stereocenters. The van der Waals surface area contributed by atoms with E-state index in [2.05, 4.69) is 168 Å². The Kier molecular flexibility index (Phi) is 9.97. The molecule has 0 aliphatic rings. The molecule has 0 fully saturated rings. The summed E-state index contributed by atoms with van der Waals surface area (Å²) in [4.78, 5) is 26.3. The number of thiophene rings is 1. The standard InChI is InChI=1S/C56H38N6S/c1-3-11-39(12-4-1)41-19-27-47(28-20-41)61(55-57-37-45-15-7-9-17-51(45)59-55)49-31-23-43(24-32-49)53-35-36-54(63-53)44-25-33-50(34-26-44)62(56-58-38-46-16-8-10-18-52(46)60-56)48-29-21-42(22-30-48)40-13-5-2-6-14-40/h1-38H. The van der Waals surface area contributed by atoms with Crippen molar-refractivity contribution in [2.45, 2.75) is 0 Å². The molecule has 0 aliphatic heterocycles. The summed E-state index contributed by atoms with van der Waals surface area (Å²) in [6.07, 6.45) is 3.80. The first kappa shape index (κ1) is 37.7. The van der Waals surface area contributed by atoms with E-state index in [0.717, 1.165) is 66.8 Å². The maximum Gasteiger partial charge on any atom is 0.235 e. The second kappa shape index (κ2) is 16.7. The fourth-order valence-electron chi connectivity index (χ4n) is 7.97. The van der Waals surface area contributed by atoms with Crippen molar-refractivity contribution in [1.82, 2.24) is 19.9 Å². The highest BCUT2D eigenvalue weighted by Crippen LogP contribution is 2.40. The molecule has 0 saturated carbocycles. The molecule has 6 nitrogen and oxygen atoms in total. The highest BCUT2D eigenvalue weighted by Gasteiger charge is 2.19. The van der Waals surface area contributed by atoms with Crippen LogP contribution in [0.15, 0.2) is 231 Å². The van der Waals surface area contributed by atoms with Crippen LogP contribution in [0.25, 0.3) is 64.9 Å². The van der Waals surface area contributed by atoms with E-state index in [1.165, 1.54) is 20.9 Å². The number of anilines is 6. The summed E-state index contributed by atoms with van der Waals surface area (Å²) in [5, 5.41) is 2.01. The van der Waals surface area contributed by atoms with E-state index >= 15 is 0 Å². The van der Waals surface area contributed by atoms with Gasteiger partial charge < -0.3 is 0 Å². The fourth-order valence-corrected chi connectivity index (χ4v) is 8.98. The highest BCUT2D eigenvalue weighted by molar-refractivity contribution is 7.18. The molecule has 0 saturated heterocycles. The van der Waals surface area contributed by atoms with Crippen molar-refractivity contribution in [3.05, 3.63) is 231 Å². The minimum Gasteiger partial charge on any atom is -0.279 e. The maximum absolute atomic E-state index is 5.01. The van der Waals surface area contributed by atoms with E-state index in [4.69, 9.17) is 19.9 Å². The normalized spacial score (nSPS) is 11.2. The number of nitrogens with zero attached hydrogens (tertiary/aromatic N) is 6. The zero-order valence-electron chi connectivity index (χ0n) is 34.0. The van der Waals surface area contributed by atoms with E-state index in [9.17, 15) is 0 Å². The minimum atomic E-state index is 0.616. The first-order valence-electron chi connectivity index (χ1n) is 20.9. The topological polar surface area (TPSA) is 58.0 Å². The van der Waals surface area contributed by atoms with Crippen molar-refractivity contribution in [3.63, 3.8) is 0 Å². The number of hydrogen-bond donors (Lipinski definition) is 0. The van der Waals surface area contributed by atoms with Gasteiger partial charge in [0.15, 0.2) is 0 Å². The Hall–Kier alpha value is -8.26. The van der Waals surface area contributed by atoms with Gasteiger partial charge in [-0.25, -0.2) is 19.9 Å². The van der Waals surface area contributed by atoms with E-state index in [-0.39, 0.29) is 0 Å². The summed E-state index contributed by atoms with van der Waals surface area (Å²) in [6, 6.07) is 76.0. The van der Waals surface area contributed by atoms with Gasteiger partial charge in [0, 0.05) is 55.7 Å². The first-order chi connectivity index (χ1) is 31.2. The van der Waals surface area contributed by atoms with Crippen LogP contribution in [0.1, 0.15) is 0 Å². The van der Waals surface area contributed by atoms with Crippen molar-refractivity contribution in [1.29, 1.82) is 0 Å². The van der Waals surface area contributed by atoms with Crippen LogP contribution in [0.2, 0.25) is 0 Å². The number of para-hydroxylation sites is 2. The van der Waals surface area contributed by atoms with E-state index < -0.39 is 0 Å². The lowest BCUT2D eigenvalue weighted by molar-refractivity contribution is 1.11. The van der Waals surface area contributed by atoms with Gasteiger partial charge in [0.2, 0.25) is 11.9 Å². The third-order valence-corrected chi connectivity index (χ3v) is 12.4. The monoisotopic (exact) mass is 826 g/mol. The summed E-state index contributed by atoms with van der Waals surface area (Å²) in [5.74, 6) is 1.23. The molecule has 0 amide bonds. The van der Waals surface area contributed by atoms with E-state index in [1.54, 1.807) is 11.3 Å². The highest BCUT2D eigenvalue weighted by atomic mass is 32.1. The molecular formula is C56H38N6S. The number of benzene rings is 8. The fraction of sp³-hybridized carbons (Fsp3) is 0.